The Bertz CT molecular complexity index is 625. The number of rotatable bonds is 2. The highest BCUT2D eigenvalue weighted by molar-refractivity contribution is 7.11. The molecule has 0 fully saturated rings. The van der Waals surface area contributed by atoms with Gasteiger partial charge in [0.15, 0.2) is 0 Å². The van der Waals surface area contributed by atoms with E-state index in [1.165, 1.54) is 22.1 Å². The molecular weight excluding hydrogens is 245 g/mol. The first kappa shape index (κ1) is 11.6. The van der Waals surface area contributed by atoms with Crippen LogP contribution in [0.15, 0.2) is 35.7 Å². The lowest BCUT2D eigenvalue weighted by molar-refractivity contribution is 0.622. The summed E-state index contributed by atoms with van der Waals surface area (Å²) in [6.07, 6.45) is 3.17. The van der Waals surface area contributed by atoms with Crippen LogP contribution in [0.25, 0.3) is 5.57 Å². The molecule has 0 aliphatic heterocycles. The molecule has 0 saturated carbocycles. The van der Waals surface area contributed by atoms with Crippen molar-refractivity contribution in [2.45, 2.75) is 19.4 Å². The van der Waals surface area contributed by atoms with Crippen LogP contribution in [-0.4, -0.2) is 0 Å². The molecule has 1 aliphatic rings. The standard InChI is InChI=1S/C15H14FNS/c1-9(17)14-8-11(16)3-5-12(14)13-4-2-10-6-7-18-15(10)13/h3-9H,2,17H2,1H3. The lowest BCUT2D eigenvalue weighted by atomic mass is 9.95. The van der Waals surface area contributed by atoms with Gasteiger partial charge in [-0.3, -0.25) is 0 Å². The normalized spacial score (nSPS) is 15.4. The Kier molecular flexibility index (Phi) is 2.80. The van der Waals surface area contributed by atoms with Gasteiger partial charge in [-0.1, -0.05) is 12.1 Å². The Morgan fingerprint density at radius 3 is 2.94 bits per heavy atom. The third-order valence-electron chi connectivity index (χ3n) is 3.31. The van der Waals surface area contributed by atoms with Crippen LogP contribution in [0.1, 0.15) is 34.5 Å². The van der Waals surface area contributed by atoms with Gasteiger partial charge in [0.1, 0.15) is 5.82 Å². The van der Waals surface area contributed by atoms with Gasteiger partial charge in [0.25, 0.3) is 0 Å². The van der Waals surface area contributed by atoms with E-state index in [0.717, 1.165) is 17.5 Å². The maximum absolute atomic E-state index is 13.4. The molecule has 3 rings (SSSR count). The minimum absolute atomic E-state index is 0.166. The average Bonchev–Trinajstić information content (AvgIpc) is 2.91. The summed E-state index contributed by atoms with van der Waals surface area (Å²) in [5, 5.41) is 2.10. The number of allylic oxidation sites excluding steroid dienone is 1. The van der Waals surface area contributed by atoms with Gasteiger partial charge < -0.3 is 5.73 Å². The molecule has 2 aromatic rings. The van der Waals surface area contributed by atoms with Crippen LogP contribution in [0, 0.1) is 5.82 Å². The zero-order valence-corrected chi connectivity index (χ0v) is 10.9. The summed E-state index contributed by atoms with van der Waals surface area (Å²) in [6, 6.07) is 6.88. The molecule has 0 spiro atoms. The zero-order valence-electron chi connectivity index (χ0n) is 10.1. The summed E-state index contributed by atoms with van der Waals surface area (Å²) < 4.78 is 13.4. The maximum Gasteiger partial charge on any atom is 0.123 e. The van der Waals surface area contributed by atoms with Crippen molar-refractivity contribution in [3.05, 3.63) is 63.1 Å². The van der Waals surface area contributed by atoms with Crippen molar-refractivity contribution in [3.63, 3.8) is 0 Å². The van der Waals surface area contributed by atoms with Crippen LogP contribution < -0.4 is 5.73 Å². The highest BCUT2D eigenvalue weighted by Gasteiger charge is 2.20. The summed E-state index contributed by atoms with van der Waals surface area (Å²) in [4.78, 5) is 1.29. The number of thiophene rings is 1. The summed E-state index contributed by atoms with van der Waals surface area (Å²) in [5.74, 6) is -0.226. The van der Waals surface area contributed by atoms with Crippen LogP contribution in [0.4, 0.5) is 4.39 Å². The molecule has 1 atom stereocenters. The summed E-state index contributed by atoms with van der Waals surface area (Å²) in [7, 11) is 0. The first-order valence-corrected chi connectivity index (χ1v) is 6.87. The lowest BCUT2D eigenvalue weighted by Crippen LogP contribution is -2.08. The van der Waals surface area contributed by atoms with Gasteiger partial charge in [-0.2, -0.15) is 0 Å². The van der Waals surface area contributed by atoms with Gasteiger partial charge >= 0.3 is 0 Å². The number of hydrogen-bond donors (Lipinski definition) is 1. The Balaban J connectivity index is 2.14. The monoisotopic (exact) mass is 259 g/mol. The van der Waals surface area contributed by atoms with Crippen molar-refractivity contribution in [1.82, 2.24) is 0 Å². The van der Waals surface area contributed by atoms with Gasteiger partial charge in [0, 0.05) is 10.9 Å². The first-order valence-electron chi connectivity index (χ1n) is 5.99. The number of benzene rings is 1. The van der Waals surface area contributed by atoms with Gasteiger partial charge in [-0.15, -0.1) is 11.3 Å². The fraction of sp³-hybridized carbons (Fsp3) is 0.200. The number of hydrogen-bond acceptors (Lipinski definition) is 2. The lowest BCUT2D eigenvalue weighted by Gasteiger charge is -2.14. The molecular formula is C15H14FNS. The molecule has 1 unspecified atom stereocenters. The van der Waals surface area contributed by atoms with Crippen molar-refractivity contribution in [2.75, 3.05) is 0 Å². The summed E-state index contributed by atoms with van der Waals surface area (Å²) in [6.45, 7) is 1.89. The van der Waals surface area contributed by atoms with E-state index in [1.54, 1.807) is 17.4 Å². The van der Waals surface area contributed by atoms with Gasteiger partial charge in [0.05, 0.1) is 0 Å². The summed E-state index contributed by atoms with van der Waals surface area (Å²) >= 11 is 1.74. The Morgan fingerprint density at radius 2 is 2.17 bits per heavy atom. The highest BCUT2D eigenvalue weighted by atomic mass is 32.1. The number of halogens is 1. The van der Waals surface area contributed by atoms with Crippen LogP contribution >= 0.6 is 11.3 Å². The molecule has 1 heterocycles. The van der Waals surface area contributed by atoms with Crippen molar-refractivity contribution in [1.29, 1.82) is 0 Å². The smallest absolute Gasteiger partial charge is 0.123 e. The van der Waals surface area contributed by atoms with Crippen molar-refractivity contribution < 1.29 is 4.39 Å². The van der Waals surface area contributed by atoms with Crippen molar-refractivity contribution in [2.24, 2.45) is 5.73 Å². The molecule has 1 aromatic carbocycles. The summed E-state index contributed by atoms with van der Waals surface area (Å²) in [5.41, 5.74) is 10.5. The minimum atomic E-state index is -0.226. The molecule has 1 aliphatic carbocycles. The van der Waals surface area contributed by atoms with E-state index >= 15 is 0 Å². The number of nitrogens with two attached hydrogens (primary N) is 1. The largest absolute Gasteiger partial charge is 0.324 e. The molecule has 1 nitrogen and oxygen atoms in total. The fourth-order valence-electron chi connectivity index (χ4n) is 2.43. The van der Waals surface area contributed by atoms with Crippen LogP contribution in [0.5, 0.6) is 0 Å². The predicted molar refractivity (Wildman–Crippen MR) is 74.1 cm³/mol. The molecule has 3 heteroatoms. The van der Waals surface area contributed by atoms with E-state index in [9.17, 15) is 4.39 Å². The first-order chi connectivity index (χ1) is 8.66. The van der Waals surface area contributed by atoms with E-state index in [2.05, 4.69) is 17.5 Å². The molecule has 18 heavy (non-hydrogen) atoms. The van der Waals surface area contributed by atoms with E-state index in [1.807, 2.05) is 13.0 Å². The van der Waals surface area contributed by atoms with Gasteiger partial charge in [-0.25, -0.2) is 4.39 Å². The van der Waals surface area contributed by atoms with Crippen LogP contribution in [0.2, 0.25) is 0 Å². The minimum Gasteiger partial charge on any atom is -0.324 e. The maximum atomic E-state index is 13.4. The van der Waals surface area contributed by atoms with E-state index in [4.69, 9.17) is 5.73 Å². The van der Waals surface area contributed by atoms with Crippen LogP contribution in [-0.2, 0) is 6.42 Å². The zero-order chi connectivity index (χ0) is 12.7. The van der Waals surface area contributed by atoms with Gasteiger partial charge in [-0.05, 0) is 59.2 Å². The molecule has 1 aromatic heterocycles. The molecule has 92 valence electrons. The quantitative estimate of drug-likeness (QED) is 0.869. The second-order valence-electron chi connectivity index (χ2n) is 4.62. The fourth-order valence-corrected chi connectivity index (χ4v) is 3.42. The topological polar surface area (TPSA) is 26.0 Å². The van der Waals surface area contributed by atoms with E-state index in [-0.39, 0.29) is 11.9 Å². The number of fused-ring (bicyclic) bond motifs is 1. The third-order valence-corrected chi connectivity index (χ3v) is 4.30. The Labute approximate surface area is 110 Å². The highest BCUT2D eigenvalue weighted by Crippen LogP contribution is 2.38. The van der Waals surface area contributed by atoms with Crippen LogP contribution in [0.3, 0.4) is 0 Å². The predicted octanol–water partition coefficient (Wildman–Crippen LogP) is 3.89. The molecule has 0 bridgehead atoms. The second kappa shape index (κ2) is 4.34. The van der Waals surface area contributed by atoms with Gasteiger partial charge in [0.2, 0.25) is 0 Å². The van der Waals surface area contributed by atoms with E-state index < -0.39 is 0 Å². The van der Waals surface area contributed by atoms with E-state index in [0.29, 0.717) is 0 Å². The van der Waals surface area contributed by atoms with Crippen molar-refractivity contribution in [3.8, 4) is 0 Å². The third kappa shape index (κ3) is 1.80. The molecule has 0 amide bonds. The molecule has 0 saturated heterocycles. The molecule has 2 N–H and O–H groups in total. The average molecular weight is 259 g/mol. The Morgan fingerprint density at radius 1 is 1.33 bits per heavy atom. The Hall–Kier alpha value is -1.45. The van der Waals surface area contributed by atoms with Crippen molar-refractivity contribution >= 4 is 16.9 Å². The SMILES string of the molecule is CC(N)c1cc(F)ccc1C1=CCc2ccsc21. The molecule has 0 radical (unpaired) electrons. The second-order valence-corrected chi connectivity index (χ2v) is 5.53.